The van der Waals surface area contributed by atoms with E-state index in [-0.39, 0.29) is 25.0 Å². The Morgan fingerprint density at radius 2 is 1.79 bits per heavy atom. The summed E-state index contributed by atoms with van der Waals surface area (Å²) in [7, 11) is 0. The molecule has 0 spiro atoms. The number of nitrogens with zero attached hydrogens (tertiary/aromatic N) is 1. The summed E-state index contributed by atoms with van der Waals surface area (Å²) in [5.41, 5.74) is 1.21. The number of fused-ring (bicyclic) bond motifs is 1. The van der Waals surface area contributed by atoms with Crippen LogP contribution in [-0.2, 0) is 0 Å². The zero-order chi connectivity index (χ0) is 18.9. The number of rotatable bonds is 6. The van der Waals surface area contributed by atoms with Gasteiger partial charge in [0.25, 0.3) is 0 Å². The fourth-order valence-electron chi connectivity index (χ4n) is 4.43. The Hall–Kier alpha value is -1.98. The van der Waals surface area contributed by atoms with Crippen molar-refractivity contribution < 1.29 is 18.6 Å². The van der Waals surface area contributed by atoms with Crippen LogP contribution in [0.4, 0.5) is 4.39 Å². The Kier molecular flexibility index (Phi) is 6.16. The summed E-state index contributed by atoms with van der Waals surface area (Å²) in [6, 6.07) is 12.7. The SMILES string of the molecule is Cl.Fc1ccc([C@H]2CCN(CC3CC3)C[C@@H]2COc2ccc3c(c2)OCO3)cc1. The summed E-state index contributed by atoms with van der Waals surface area (Å²) >= 11 is 0. The molecule has 156 valence electrons. The number of hydrogen-bond donors (Lipinski definition) is 0. The van der Waals surface area contributed by atoms with Crippen molar-refractivity contribution in [2.24, 2.45) is 11.8 Å². The summed E-state index contributed by atoms with van der Waals surface area (Å²) in [5, 5.41) is 0. The van der Waals surface area contributed by atoms with E-state index in [9.17, 15) is 4.39 Å². The van der Waals surface area contributed by atoms with Crippen molar-refractivity contribution in [2.45, 2.75) is 25.2 Å². The van der Waals surface area contributed by atoms with E-state index in [0.29, 0.717) is 18.4 Å². The van der Waals surface area contributed by atoms with Gasteiger partial charge >= 0.3 is 0 Å². The molecule has 0 unspecified atom stereocenters. The quantitative estimate of drug-likeness (QED) is 0.668. The Morgan fingerprint density at radius 3 is 2.59 bits per heavy atom. The lowest BCUT2D eigenvalue weighted by Gasteiger charge is -2.39. The highest BCUT2D eigenvalue weighted by Crippen LogP contribution is 2.38. The molecule has 1 saturated heterocycles. The molecule has 29 heavy (non-hydrogen) atoms. The van der Waals surface area contributed by atoms with E-state index in [0.717, 1.165) is 42.7 Å². The maximum absolute atomic E-state index is 13.4. The van der Waals surface area contributed by atoms with Crippen molar-refractivity contribution in [2.75, 3.05) is 33.0 Å². The number of ether oxygens (including phenoxy) is 3. The van der Waals surface area contributed by atoms with Gasteiger partial charge in [0.2, 0.25) is 6.79 Å². The molecular formula is C23H27ClFNO3. The largest absolute Gasteiger partial charge is 0.493 e. The molecule has 0 radical (unpaired) electrons. The van der Waals surface area contributed by atoms with Crippen molar-refractivity contribution in [3.63, 3.8) is 0 Å². The highest BCUT2D eigenvalue weighted by molar-refractivity contribution is 5.85. The fraction of sp³-hybridized carbons (Fsp3) is 0.478. The Bertz CT molecular complexity index is 827. The highest BCUT2D eigenvalue weighted by Gasteiger charge is 2.33. The second-order valence-corrected chi connectivity index (χ2v) is 8.24. The number of piperidine rings is 1. The second kappa shape index (κ2) is 8.80. The van der Waals surface area contributed by atoms with E-state index in [1.54, 1.807) is 12.1 Å². The molecular weight excluding hydrogens is 393 g/mol. The van der Waals surface area contributed by atoms with Crippen LogP contribution >= 0.6 is 12.4 Å². The Balaban J connectivity index is 0.00000205. The molecule has 2 aromatic carbocycles. The van der Waals surface area contributed by atoms with Crippen LogP contribution in [0, 0.1) is 17.7 Å². The van der Waals surface area contributed by atoms with Crippen LogP contribution in [0.1, 0.15) is 30.7 Å². The zero-order valence-electron chi connectivity index (χ0n) is 16.4. The van der Waals surface area contributed by atoms with Gasteiger partial charge in [-0.05, 0) is 67.5 Å². The van der Waals surface area contributed by atoms with Crippen molar-refractivity contribution in [3.05, 3.63) is 53.8 Å². The third-order valence-corrected chi connectivity index (χ3v) is 6.14. The van der Waals surface area contributed by atoms with Gasteiger partial charge in [0, 0.05) is 25.1 Å². The predicted octanol–water partition coefficient (Wildman–Crippen LogP) is 4.87. The molecule has 2 fully saturated rings. The van der Waals surface area contributed by atoms with Crippen LogP contribution in [0.3, 0.4) is 0 Å². The first-order chi connectivity index (χ1) is 13.7. The van der Waals surface area contributed by atoms with Crippen LogP contribution in [0.5, 0.6) is 17.2 Å². The first-order valence-electron chi connectivity index (χ1n) is 10.2. The van der Waals surface area contributed by atoms with Gasteiger partial charge in [0.05, 0.1) is 6.61 Å². The lowest BCUT2D eigenvalue weighted by atomic mass is 9.80. The van der Waals surface area contributed by atoms with Gasteiger partial charge in [0.1, 0.15) is 11.6 Å². The normalized spacial score (nSPS) is 23.5. The van der Waals surface area contributed by atoms with Gasteiger partial charge in [-0.15, -0.1) is 12.4 Å². The van der Waals surface area contributed by atoms with E-state index in [1.165, 1.54) is 24.9 Å². The smallest absolute Gasteiger partial charge is 0.231 e. The summed E-state index contributed by atoms with van der Waals surface area (Å²) in [6.45, 7) is 4.26. The molecule has 2 aromatic rings. The van der Waals surface area contributed by atoms with Crippen molar-refractivity contribution in [1.29, 1.82) is 0 Å². The summed E-state index contributed by atoms with van der Waals surface area (Å²) in [4.78, 5) is 2.59. The van der Waals surface area contributed by atoms with Crippen LogP contribution < -0.4 is 14.2 Å². The lowest BCUT2D eigenvalue weighted by Crippen LogP contribution is -2.42. The van der Waals surface area contributed by atoms with Crippen molar-refractivity contribution >= 4 is 12.4 Å². The maximum Gasteiger partial charge on any atom is 0.231 e. The first-order valence-corrected chi connectivity index (χ1v) is 10.2. The van der Waals surface area contributed by atoms with E-state index < -0.39 is 0 Å². The van der Waals surface area contributed by atoms with Gasteiger partial charge in [-0.1, -0.05) is 12.1 Å². The standard InChI is InChI=1S/C23H26FNO3.ClH/c24-19-5-3-17(4-6-19)21-9-10-25(12-16-1-2-16)13-18(21)14-26-20-7-8-22-23(11-20)28-15-27-22;/h3-8,11,16,18,21H,1-2,9-10,12-15H2;1H/t18-,21-;/m1./s1. The van der Waals surface area contributed by atoms with E-state index in [4.69, 9.17) is 14.2 Å². The molecule has 3 aliphatic rings. The molecule has 5 rings (SSSR count). The zero-order valence-corrected chi connectivity index (χ0v) is 17.2. The van der Waals surface area contributed by atoms with Gasteiger partial charge in [0.15, 0.2) is 11.5 Å². The summed E-state index contributed by atoms with van der Waals surface area (Å²) in [5.74, 6) is 3.80. The highest BCUT2D eigenvalue weighted by atomic mass is 35.5. The van der Waals surface area contributed by atoms with Crippen LogP contribution in [0.15, 0.2) is 42.5 Å². The molecule has 0 N–H and O–H groups in total. The van der Waals surface area contributed by atoms with Crippen LogP contribution in [-0.4, -0.2) is 37.9 Å². The molecule has 0 aromatic heterocycles. The maximum atomic E-state index is 13.4. The molecule has 6 heteroatoms. The topological polar surface area (TPSA) is 30.9 Å². The van der Waals surface area contributed by atoms with Crippen molar-refractivity contribution in [3.8, 4) is 17.2 Å². The third kappa shape index (κ3) is 4.78. The minimum atomic E-state index is -0.178. The van der Waals surface area contributed by atoms with Gasteiger partial charge in [-0.2, -0.15) is 0 Å². The summed E-state index contributed by atoms with van der Waals surface area (Å²) in [6.07, 6.45) is 3.83. The van der Waals surface area contributed by atoms with Gasteiger partial charge in [-0.3, -0.25) is 0 Å². The van der Waals surface area contributed by atoms with Gasteiger partial charge in [-0.25, -0.2) is 4.39 Å². The summed E-state index contributed by atoms with van der Waals surface area (Å²) < 4.78 is 30.4. The Morgan fingerprint density at radius 1 is 1.00 bits per heavy atom. The second-order valence-electron chi connectivity index (χ2n) is 8.24. The van der Waals surface area contributed by atoms with Crippen molar-refractivity contribution in [1.82, 2.24) is 4.90 Å². The van der Waals surface area contributed by atoms with E-state index in [1.807, 2.05) is 30.3 Å². The minimum absolute atomic E-state index is 0. The minimum Gasteiger partial charge on any atom is -0.493 e. The molecule has 1 aliphatic carbocycles. The number of likely N-dealkylation sites (tertiary alicyclic amines) is 1. The molecule has 2 atom stereocenters. The average Bonchev–Trinajstić information content (AvgIpc) is 3.40. The Labute approximate surface area is 177 Å². The molecule has 1 saturated carbocycles. The molecule has 2 heterocycles. The predicted molar refractivity (Wildman–Crippen MR) is 112 cm³/mol. The molecule has 0 amide bonds. The number of benzene rings is 2. The number of halogens is 2. The van der Waals surface area contributed by atoms with E-state index >= 15 is 0 Å². The molecule has 0 bridgehead atoms. The average molecular weight is 420 g/mol. The lowest BCUT2D eigenvalue weighted by molar-refractivity contribution is 0.107. The molecule has 4 nitrogen and oxygen atoms in total. The fourth-order valence-corrected chi connectivity index (χ4v) is 4.43. The van der Waals surface area contributed by atoms with Crippen LogP contribution in [0.2, 0.25) is 0 Å². The first kappa shape index (κ1) is 20.3. The van der Waals surface area contributed by atoms with Crippen LogP contribution in [0.25, 0.3) is 0 Å². The number of hydrogen-bond acceptors (Lipinski definition) is 4. The third-order valence-electron chi connectivity index (χ3n) is 6.14. The van der Waals surface area contributed by atoms with E-state index in [2.05, 4.69) is 4.90 Å². The van der Waals surface area contributed by atoms with Gasteiger partial charge < -0.3 is 19.1 Å². The molecule has 2 aliphatic heterocycles. The monoisotopic (exact) mass is 419 g/mol.